The summed E-state index contributed by atoms with van der Waals surface area (Å²) in [5.41, 5.74) is 0. The lowest BCUT2D eigenvalue weighted by Crippen LogP contribution is -2.48. The fourth-order valence-corrected chi connectivity index (χ4v) is 1.34. The maximum Gasteiger partial charge on any atom is 0.328 e. The van der Waals surface area contributed by atoms with E-state index in [1.54, 1.807) is 26.0 Å². The van der Waals surface area contributed by atoms with E-state index < -0.39 is 30.7 Å². The van der Waals surface area contributed by atoms with Crippen molar-refractivity contribution in [3.8, 4) is 0 Å². The summed E-state index contributed by atoms with van der Waals surface area (Å²) in [5.74, 6) is -0.00880. The van der Waals surface area contributed by atoms with Crippen LogP contribution in [0.1, 0.15) is 24.5 Å². The molecule has 2 atom stereocenters. The normalized spacial score (nSPS) is 13.7. The smallest absolute Gasteiger partial charge is 0.328 e. The van der Waals surface area contributed by atoms with Crippen molar-refractivity contribution in [2.75, 3.05) is 6.61 Å². The van der Waals surface area contributed by atoms with Gasteiger partial charge in [0.1, 0.15) is 11.5 Å². The van der Waals surface area contributed by atoms with Crippen LogP contribution < -0.4 is 10.6 Å². The molecule has 18 heavy (non-hydrogen) atoms. The molecule has 1 aromatic heterocycles. The minimum Gasteiger partial charge on any atom is -0.480 e. The van der Waals surface area contributed by atoms with Gasteiger partial charge in [-0.3, -0.25) is 0 Å². The third-order valence-electron chi connectivity index (χ3n) is 2.32. The molecule has 0 radical (unpaired) electrons. The van der Waals surface area contributed by atoms with E-state index in [-0.39, 0.29) is 0 Å². The average Bonchev–Trinajstić information content (AvgIpc) is 2.72. The van der Waals surface area contributed by atoms with Crippen molar-refractivity contribution in [1.29, 1.82) is 0 Å². The Morgan fingerprint density at radius 2 is 2.06 bits per heavy atom. The Kier molecular flexibility index (Phi) is 4.73. The summed E-state index contributed by atoms with van der Waals surface area (Å²) in [7, 11) is 0. The molecule has 1 aromatic rings. The number of aliphatic hydroxyl groups is 1. The highest BCUT2D eigenvalue weighted by molar-refractivity contribution is 5.82. The molecule has 100 valence electrons. The second-order valence-corrected chi connectivity index (χ2v) is 3.86. The molecule has 0 fully saturated rings. The highest BCUT2D eigenvalue weighted by Gasteiger charge is 2.20. The van der Waals surface area contributed by atoms with Gasteiger partial charge in [-0.25, -0.2) is 9.59 Å². The summed E-state index contributed by atoms with van der Waals surface area (Å²) < 4.78 is 5.32. The van der Waals surface area contributed by atoms with Gasteiger partial charge in [0.05, 0.1) is 12.6 Å². The second-order valence-electron chi connectivity index (χ2n) is 3.86. The number of furan rings is 1. The van der Waals surface area contributed by atoms with Gasteiger partial charge in [-0.05, 0) is 26.0 Å². The highest BCUT2D eigenvalue weighted by Crippen LogP contribution is 2.15. The third kappa shape index (κ3) is 3.77. The van der Waals surface area contributed by atoms with Gasteiger partial charge < -0.3 is 25.3 Å². The van der Waals surface area contributed by atoms with Crippen LogP contribution in [0.5, 0.6) is 0 Å². The van der Waals surface area contributed by atoms with Crippen molar-refractivity contribution >= 4 is 12.0 Å². The topological polar surface area (TPSA) is 112 Å². The molecule has 2 amide bonds. The molecule has 1 heterocycles. The average molecular weight is 256 g/mol. The summed E-state index contributed by atoms with van der Waals surface area (Å²) in [4.78, 5) is 22.1. The van der Waals surface area contributed by atoms with E-state index >= 15 is 0 Å². The molecule has 7 nitrogen and oxygen atoms in total. The first-order valence-electron chi connectivity index (χ1n) is 5.41. The summed E-state index contributed by atoms with van der Waals surface area (Å²) in [6.07, 6.45) is 0. The second kappa shape index (κ2) is 6.06. The van der Waals surface area contributed by atoms with E-state index in [1.165, 1.54) is 0 Å². The van der Waals surface area contributed by atoms with Crippen LogP contribution in [0.25, 0.3) is 0 Å². The molecule has 7 heteroatoms. The number of urea groups is 1. The molecule has 0 aliphatic carbocycles. The zero-order valence-electron chi connectivity index (χ0n) is 10.1. The first-order chi connectivity index (χ1) is 8.43. The van der Waals surface area contributed by atoms with Crippen LogP contribution in [0.15, 0.2) is 16.5 Å². The molecule has 0 bridgehead atoms. The van der Waals surface area contributed by atoms with Crippen LogP contribution in [0.4, 0.5) is 4.79 Å². The highest BCUT2D eigenvalue weighted by atomic mass is 16.4. The predicted molar refractivity (Wildman–Crippen MR) is 62.0 cm³/mol. The number of carbonyl (C=O) groups is 2. The number of carbonyl (C=O) groups excluding carboxylic acids is 1. The van der Waals surface area contributed by atoms with E-state index in [9.17, 15) is 9.59 Å². The molecule has 0 aliphatic rings. The Morgan fingerprint density at radius 3 is 2.50 bits per heavy atom. The Balaban J connectivity index is 2.52. The first-order valence-corrected chi connectivity index (χ1v) is 5.41. The molecule has 4 N–H and O–H groups in total. The number of hydrogen-bond acceptors (Lipinski definition) is 4. The van der Waals surface area contributed by atoms with Gasteiger partial charge in [-0.2, -0.15) is 0 Å². The number of amides is 2. The van der Waals surface area contributed by atoms with E-state index in [0.717, 1.165) is 5.76 Å². The monoisotopic (exact) mass is 256 g/mol. The van der Waals surface area contributed by atoms with Crippen LogP contribution in [0, 0.1) is 6.92 Å². The van der Waals surface area contributed by atoms with E-state index in [1.807, 2.05) is 0 Å². The molecule has 0 aliphatic heterocycles. The third-order valence-corrected chi connectivity index (χ3v) is 2.32. The lowest BCUT2D eigenvalue weighted by molar-refractivity contribution is -0.140. The summed E-state index contributed by atoms with van der Waals surface area (Å²) >= 11 is 0. The van der Waals surface area contributed by atoms with Gasteiger partial charge in [-0.1, -0.05) is 0 Å². The molecule has 0 saturated heterocycles. The number of rotatable bonds is 5. The molecule has 1 unspecified atom stereocenters. The summed E-state index contributed by atoms with van der Waals surface area (Å²) in [6, 6.07) is 1.08. The fourth-order valence-electron chi connectivity index (χ4n) is 1.34. The minimum absolute atomic E-state index is 0.396. The van der Waals surface area contributed by atoms with Gasteiger partial charge in [0.15, 0.2) is 6.04 Å². The fraction of sp³-hybridized carbons (Fsp3) is 0.455. The largest absolute Gasteiger partial charge is 0.480 e. The first kappa shape index (κ1) is 14.0. The van der Waals surface area contributed by atoms with Crippen LogP contribution in [0.2, 0.25) is 0 Å². The van der Waals surface area contributed by atoms with Gasteiger partial charge >= 0.3 is 12.0 Å². The number of aliphatic carboxylic acids is 1. The van der Waals surface area contributed by atoms with Gasteiger partial charge in [0, 0.05) is 0 Å². The Morgan fingerprint density at radius 1 is 1.39 bits per heavy atom. The van der Waals surface area contributed by atoms with E-state index in [2.05, 4.69) is 10.6 Å². The number of aryl methyl sites for hydroxylation is 1. The Hall–Kier alpha value is -2.02. The zero-order chi connectivity index (χ0) is 13.7. The summed E-state index contributed by atoms with van der Waals surface area (Å²) in [6.45, 7) is 2.81. The Labute approximate surface area is 104 Å². The minimum atomic E-state index is -1.32. The molecular weight excluding hydrogens is 240 g/mol. The summed E-state index contributed by atoms with van der Waals surface area (Å²) in [5, 5.41) is 22.1. The Bertz CT molecular complexity index is 429. The van der Waals surface area contributed by atoms with Gasteiger partial charge in [0.25, 0.3) is 0 Å². The van der Waals surface area contributed by atoms with Crippen LogP contribution in [-0.2, 0) is 4.79 Å². The molecular formula is C11H16N2O5. The standard InChI is InChI=1S/C11H16N2O5/c1-6-3-4-9(18-6)7(2)12-11(17)13-8(5-14)10(15)16/h3-4,7-8,14H,5H2,1-2H3,(H,15,16)(H2,12,13,17)/t7?,8-/m0/s1. The van der Waals surface area contributed by atoms with Crippen LogP contribution in [-0.4, -0.2) is 34.9 Å². The molecule has 0 spiro atoms. The van der Waals surface area contributed by atoms with Crippen molar-refractivity contribution in [2.24, 2.45) is 0 Å². The molecule has 1 rings (SSSR count). The van der Waals surface area contributed by atoms with Crippen molar-refractivity contribution in [2.45, 2.75) is 25.9 Å². The SMILES string of the molecule is Cc1ccc(C(C)NC(=O)N[C@@H](CO)C(=O)O)o1. The van der Waals surface area contributed by atoms with Gasteiger partial charge in [-0.15, -0.1) is 0 Å². The predicted octanol–water partition coefficient (Wildman–Crippen LogP) is 0.394. The van der Waals surface area contributed by atoms with Crippen molar-refractivity contribution in [3.63, 3.8) is 0 Å². The molecule has 0 aromatic carbocycles. The number of carboxylic acid groups (broad SMARTS) is 1. The maximum absolute atomic E-state index is 11.5. The van der Waals surface area contributed by atoms with Crippen LogP contribution in [0.3, 0.4) is 0 Å². The quantitative estimate of drug-likeness (QED) is 0.609. The lowest BCUT2D eigenvalue weighted by Gasteiger charge is -2.15. The van der Waals surface area contributed by atoms with Crippen LogP contribution >= 0.6 is 0 Å². The van der Waals surface area contributed by atoms with Crippen molar-refractivity contribution < 1.29 is 24.2 Å². The van der Waals surface area contributed by atoms with Crippen molar-refractivity contribution in [1.82, 2.24) is 10.6 Å². The van der Waals surface area contributed by atoms with E-state index in [4.69, 9.17) is 14.6 Å². The number of aliphatic hydroxyl groups excluding tert-OH is 1. The maximum atomic E-state index is 11.5. The molecule has 0 saturated carbocycles. The number of hydrogen-bond donors (Lipinski definition) is 4. The zero-order valence-corrected chi connectivity index (χ0v) is 10.1. The number of carboxylic acids is 1. The lowest BCUT2D eigenvalue weighted by atomic mass is 10.2. The van der Waals surface area contributed by atoms with Gasteiger partial charge in [0.2, 0.25) is 0 Å². The van der Waals surface area contributed by atoms with Crippen molar-refractivity contribution in [3.05, 3.63) is 23.7 Å². The number of nitrogens with one attached hydrogen (secondary N) is 2. The van der Waals surface area contributed by atoms with E-state index in [0.29, 0.717) is 5.76 Å².